The van der Waals surface area contributed by atoms with E-state index in [1.807, 2.05) is 0 Å². The minimum Gasteiger partial charge on any atom is -0.486 e. The summed E-state index contributed by atoms with van der Waals surface area (Å²) in [5.41, 5.74) is 10.1. The minimum absolute atomic E-state index is 0.00861. The highest BCUT2D eigenvalue weighted by Crippen LogP contribution is 2.34. The van der Waals surface area contributed by atoms with E-state index in [2.05, 4.69) is 0 Å². The molecule has 1 aromatic carbocycles. The highest BCUT2D eigenvalue weighted by Gasteiger charge is 2.18. The van der Waals surface area contributed by atoms with Gasteiger partial charge in [-0.15, -0.1) is 0 Å². The topological polar surface area (TPSA) is 121 Å². The molecule has 4 N–H and O–H groups in total. The summed E-state index contributed by atoms with van der Waals surface area (Å²) < 4.78 is 5.19. The maximum absolute atomic E-state index is 10.7. The van der Waals surface area contributed by atoms with Crippen molar-refractivity contribution in [1.29, 1.82) is 0 Å². The van der Waals surface area contributed by atoms with E-state index >= 15 is 0 Å². The fourth-order valence-electron chi connectivity index (χ4n) is 1.21. The van der Waals surface area contributed by atoms with Crippen molar-refractivity contribution < 1.29 is 14.5 Å². The molecule has 0 fully saturated rings. The average molecular weight is 274 g/mol. The highest BCUT2D eigenvalue weighted by atomic mass is 35.5. The number of benzene rings is 1. The fourth-order valence-corrected chi connectivity index (χ4v) is 1.44. The molecule has 18 heavy (non-hydrogen) atoms. The van der Waals surface area contributed by atoms with Crippen LogP contribution in [0.4, 0.5) is 5.69 Å². The average Bonchev–Trinajstić information content (AvgIpc) is 2.30. The summed E-state index contributed by atoms with van der Waals surface area (Å²) in [6, 6.07) is 3.34. The largest absolute Gasteiger partial charge is 0.486 e. The lowest BCUT2D eigenvalue weighted by Gasteiger charge is -2.10. The molecule has 98 valence electrons. The number of nitrogens with two attached hydrogens (primary N) is 2. The molecule has 0 heterocycles. The van der Waals surface area contributed by atoms with Crippen LogP contribution in [0.25, 0.3) is 0 Å². The van der Waals surface area contributed by atoms with Crippen LogP contribution in [0.15, 0.2) is 18.2 Å². The second-order valence-electron chi connectivity index (χ2n) is 3.49. The van der Waals surface area contributed by atoms with Crippen LogP contribution in [-0.2, 0) is 4.79 Å². The predicted molar refractivity (Wildman–Crippen MR) is 65.4 cm³/mol. The first-order valence-corrected chi connectivity index (χ1v) is 5.42. The Morgan fingerprint density at radius 2 is 2.22 bits per heavy atom. The summed E-state index contributed by atoms with van der Waals surface area (Å²) in [5.74, 6) is -0.701. The van der Waals surface area contributed by atoms with Gasteiger partial charge in [-0.25, -0.2) is 0 Å². The van der Waals surface area contributed by atoms with Gasteiger partial charge in [0.2, 0.25) is 11.7 Å². The summed E-state index contributed by atoms with van der Waals surface area (Å²) in [5, 5.41) is 10.9. The summed E-state index contributed by atoms with van der Waals surface area (Å²) in [6.07, 6.45) is 0.151. The molecular weight excluding hydrogens is 262 g/mol. The lowest BCUT2D eigenvalue weighted by molar-refractivity contribution is -0.385. The van der Waals surface area contributed by atoms with Gasteiger partial charge in [-0.2, -0.15) is 0 Å². The first kappa shape index (κ1) is 14.2. The van der Waals surface area contributed by atoms with Crippen LogP contribution in [0.3, 0.4) is 0 Å². The Hall–Kier alpha value is -1.86. The SMILES string of the molecule is NC(=O)C(N)CCOc1c(Cl)cccc1[N+](=O)[O-]. The third-order valence-corrected chi connectivity index (χ3v) is 2.48. The number of nitro benzene ring substituents is 1. The quantitative estimate of drug-likeness (QED) is 0.587. The Kier molecular flexibility index (Phi) is 4.87. The van der Waals surface area contributed by atoms with Gasteiger partial charge in [-0.05, 0) is 6.07 Å². The van der Waals surface area contributed by atoms with Crippen molar-refractivity contribution >= 4 is 23.2 Å². The predicted octanol–water partition coefficient (Wildman–Crippen LogP) is 0.830. The molecule has 0 aliphatic rings. The number of rotatable bonds is 6. The number of nitro groups is 1. The molecule has 0 radical (unpaired) electrons. The van der Waals surface area contributed by atoms with E-state index < -0.39 is 16.9 Å². The van der Waals surface area contributed by atoms with Crippen LogP contribution in [0.1, 0.15) is 6.42 Å². The molecule has 0 saturated heterocycles. The zero-order chi connectivity index (χ0) is 13.7. The Morgan fingerprint density at radius 3 is 2.78 bits per heavy atom. The smallest absolute Gasteiger partial charge is 0.312 e. The van der Waals surface area contributed by atoms with E-state index in [1.54, 1.807) is 0 Å². The van der Waals surface area contributed by atoms with Crippen molar-refractivity contribution in [3.05, 3.63) is 33.3 Å². The molecule has 1 rings (SSSR count). The zero-order valence-electron chi connectivity index (χ0n) is 9.34. The van der Waals surface area contributed by atoms with Crippen LogP contribution in [0.2, 0.25) is 5.02 Å². The van der Waals surface area contributed by atoms with Crippen molar-refractivity contribution in [2.75, 3.05) is 6.61 Å². The number of hydrogen-bond acceptors (Lipinski definition) is 5. The standard InChI is InChI=1S/C10H12ClN3O4/c11-6-2-1-3-8(14(16)17)9(6)18-5-4-7(12)10(13)15/h1-3,7H,4-5,12H2,(H2,13,15). The normalized spacial score (nSPS) is 11.9. The number of nitrogens with zero attached hydrogens (tertiary/aromatic N) is 1. The van der Waals surface area contributed by atoms with E-state index in [0.717, 1.165) is 0 Å². The van der Waals surface area contributed by atoms with Crippen molar-refractivity contribution in [1.82, 2.24) is 0 Å². The number of primary amides is 1. The number of para-hydroxylation sites is 1. The Labute approximate surface area is 108 Å². The number of carbonyl (C=O) groups excluding carboxylic acids is 1. The molecule has 7 nitrogen and oxygen atoms in total. The van der Waals surface area contributed by atoms with Crippen LogP contribution >= 0.6 is 11.6 Å². The van der Waals surface area contributed by atoms with Crippen molar-refractivity contribution in [3.63, 3.8) is 0 Å². The lowest BCUT2D eigenvalue weighted by atomic mass is 10.2. The maximum Gasteiger partial charge on any atom is 0.312 e. The molecule has 0 bridgehead atoms. The van der Waals surface area contributed by atoms with E-state index in [4.69, 9.17) is 27.8 Å². The summed E-state index contributed by atoms with van der Waals surface area (Å²) in [7, 11) is 0. The molecule has 8 heteroatoms. The molecule has 0 spiro atoms. The van der Waals surface area contributed by atoms with Crippen LogP contribution in [0.5, 0.6) is 5.75 Å². The molecular formula is C10H12ClN3O4. The van der Waals surface area contributed by atoms with Gasteiger partial charge in [-0.3, -0.25) is 14.9 Å². The van der Waals surface area contributed by atoms with E-state index in [1.165, 1.54) is 18.2 Å². The van der Waals surface area contributed by atoms with Crippen molar-refractivity contribution in [2.24, 2.45) is 11.5 Å². The second-order valence-corrected chi connectivity index (χ2v) is 3.90. The number of ether oxygens (including phenoxy) is 1. The van der Waals surface area contributed by atoms with Crippen LogP contribution in [0, 0.1) is 10.1 Å². The fraction of sp³-hybridized carbons (Fsp3) is 0.300. The molecule has 0 aliphatic carbocycles. The third kappa shape index (κ3) is 3.57. The lowest BCUT2D eigenvalue weighted by Crippen LogP contribution is -2.37. The Bertz CT molecular complexity index is 466. The van der Waals surface area contributed by atoms with Crippen molar-refractivity contribution in [2.45, 2.75) is 12.5 Å². The van der Waals surface area contributed by atoms with Gasteiger partial charge in [0.05, 0.1) is 22.6 Å². The van der Waals surface area contributed by atoms with Gasteiger partial charge < -0.3 is 16.2 Å². The summed E-state index contributed by atoms with van der Waals surface area (Å²) in [6.45, 7) is 0.00861. The molecule has 1 aromatic rings. The van der Waals surface area contributed by atoms with Gasteiger partial charge in [0.15, 0.2) is 0 Å². The number of hydrogen-bond donors (Lipinski definition) is 2. The van der Waals surface area contributed by atoms with E-state index in [9.17, 15) is 14.9 Å². The maximum atomic E-state index is 10.7. The Balaban J connectivity index is 2.72. The zero-order valence-corrected chi connectivity index (χ0v) is 10.1. The minimum atomic E-state index is -0.855. The van der Waals surface area contributed by atoms with Crippen LogP contribution < -0.4 is 16.2 Å². The molecule has 1 unspecified atom stereocenters. The Morgan fingerprint density at radius 1 is 1.56 bits per heavy atom. The summed E-state index contributed by atoms with van der Waals surface area (Å²) in [4.78, 5) is 20.8. The van der Waals surface area contributed by atoms with Crippen LogP contribution in [-0.4, -0.2) is 23.5 Å². The molecule has 0 saturated carbocycles. The molecule has 0 aliphatic heterocycles. The number of halogens is 1. The third-order valence-electron chi connectivity index (χ3n) is 2.18. The molecule has 1 amide bonds. The first-order chi connectivity index (χ1) is 8.43. The van der Waals surface area contributed by atoms with Gasteiger partial charge in [0, 0.05) is 12.5 Å². The molecule has 1 atom stereocenters. The van der Waals surface area contributed by atoms with Crippen molar-refractivity contribution in [3.8, 4) is 5.75 Å². The molecule has 0 aromatic heterocycles. The van der Waals surface area contributed by atoms with E-state index in [0.29, 0.717) is 0 Å². The van der Waals surface area contributed by atoms with Gasteiger partial charge in [-0.1, -0.05) is 17.7 Å². The van der Waals surface area contributed by atoms with Gasteiger partial charge >= 0.3 is 5.69 Å². The van der Waals surface area contributed by atoms with Gasteiger partial charge in [0.25, 0.3) is 0 Å². The number of carbonyl (C=O) groups is 1. The highest BCUT2D eigenvalue weighted by molar-refractivity contribution is 6.32. The monoisotopic (exact) mass is 273 g/mol. The second kappa shape index (κ2) is 6.18. The summed E-state index contributed by atoms with van der Waals surface area (Å²) >= 11 is 5.80. The van der Waals surface area contributed by atoms with E-state index in [-0.39, 0.29) is 29.5 Å². The first-order valence-electron chi connectivity index (χ1n) is 5.04. The number of amides is 1. The van der Waals surface area contributed by atoms with Gasteiger partial charge in [0.1, 0.15) is 0 Å².